The van der Waals surface area contributed by atoms with Crippen LogP contribution in [0.2, 0.25) is 0 Å². The van der Waals surface area contributed by atoms with E-state index in [9.17, 15) is 9.59 Å². The molecule has 0 bridgehead atoms. The predicted octanol–water partition coefficient (Wildman–Crippen LogP) is 3.63. The lowest BCUT2D eigenvalue weighted by Crippen LogP contribution is -2.52. The summed E-state index contributed by atoms with van der Waals surface area (Å²) in [6.07, 6.45) is 1.79. The number of aromatic nitrogens is 1. The second kappa shape index (κ2) is 7.91. The number of carbonyl (C=O) groups is 2. The van der Waals surface area contributed by atoms with Gasteiger partial charge in [0.15, 0.2) is 0 Å². The largest absolute Gasteiger partial charge is 0.480 e. The van der Waals surface area contributed by atoms with Crippen LogP contribution < -0.4 is 10.2 Å². The zero-order chi connectivity index (χ0) is 21.2. The number of nitrogens with zero attached hydrogens (tertiary/aromatic N) is 2. The number of hydrogen-bond acceptors (Lipinski definition) is 4. The van der Waals surface area contributed by atoms with Crippen LogP contribution in [0.3, 0.4) is 0 Å². The molecule has 6 heteroatoms. The molecular weight excluding hydrogens is 366 g/mol. The Morgan fingerprint density at radius 1 is 1.10 bits per heavy atom. The first-order chi connectivity index (χ1) is 13.7. The lowest BCUT2D eigenvalue weighted by Gasteiger charge is -2.24. The number of amides is 1. The van der Waals surface area contributed by atoms with Crippen molar-refractivity contribution in [3.05, 3.63) is 60.3 Å². The zero-order valence-electron chi connectivity index (χ0n) is 17.1. The SMILES string of the molecule is Cc1ccccc1-c1ccnc2cc(N(C)CC(=O)NC(C)(C)C(=O)O)ccc12. The van der Waals surface area contributed by atoms with Crippen molar-refractivity contribution in [1.29, 1.82) is 0 Å². The van der Waals surface area contributed by atoms with E-state index in [1.807, 2.05) is 36.4 Å². The third kappa shape index (κ3) is 4.37. The Morgan fingerprint density at radius 3 is 2.52 bits per heavy atom. The summed E-state index contributed by atoms with van der Waals surface area (Å²) in [6.45, 7) is 5.04. The number of anilines is 1. The fourth-order valence-electron chi connectivity index (χ4n) is 3.23. The molecule has 0 aliphatic rings. The Labute approximate surface area is 170 Å². The number of aryl methyl sites for hydroxylation is 1. The molecule has 6 nitrogen and oxygen atoms in total. The number of aliphatic carboxylic acids is 1. The normalized spacial score (nSPS) is 11.3. The highest BCUT2D eigenvalue weighted by Gasteiger charge is 2.29. The van der Waals surface area contributed by atoms with Gasteiger partial charge in [0.25, 0.3) is 0 Å². The highest BCUT2D eigenvalue weighted by atomic mass is 16.4. The zero-order valence-corrected chi connectivity index (χ0v) is 17.1. The van der Waals surface area contributed by atoms with Crippen LogP contribution in [0.1, 0.15) is 19.4 Å². The summed E-state index contributed by atoms with van der Waals surface area (Å²) in [5.41, 5.74) is 3.82. The Morgan fingerprint density at radius 2 is 1.83 bits per heavy atom. The molecule has 0 spiro atoms. The third-order valence-corrected chi connectivity index (χ3v) is 4.97. The van der Waals surface area contributed by atoms with Gasteiger partial charge in [-0.3, -0.25) is 9.78 Å². The van der Waals surface area contributed by atoms with E-state index in [2.05, 4.69) is 29.4 Å². The lowest BCUT2D eigenvalue weighted by atomic mass is 9.97. The van der Waals surface area contributed by atoms with Gasteiger partial charge in [-0.2, -0.15) is 0 Å². The van der Waals surface area contributed by atoms with Crippen molar-refractivity contribution in [3.63, 3.8) is 0 Å². The summed E-state index contributed by atoms with van der Waals surface area (Å²) < 4.78 is 0. The average molecular weight is 391 g/mol. The highest BCUT2D eigenvalue weighted by Crippen LogP contribution is 2.31. The maximum Gasteiger partial charge on any atom is 0.328 e. The Hall–Kier alpha value is -3.41. The predicted molar refractivity (Wildman–Crippen MR) is 115 cm³/mol. The topological polar surface area (TPSA) is 82.5 Å². The first-order valence-corrected chi connectivity index (χ1v) is 9.39. The van der Waals surface area contributed by atoms with Gasteiger partial charge in [-0.25, -0.2) is 4.79 Å². The molecule has 0 aliphatic carbocycles. The molecule has 0 saturated carbocycles. The molecule has 0 aliphatic heterocycles. The third-order valence-electron chi connectivity index (χ3n) is 4.97. The van der Waals surface area contributed by atoms with Crippen LogP contribution in [0.5, 0.6) is 0 Å². The van der Waals surface area contributed by atoms with Crippen molar-refractivity contribution >= 4 is 28.5 Å². The van der Waals surface area contributed by atoms with Gasteiger partial charge in [0.05, 0.1) is 12.1 Å². The van der Waals surface area contributed by atoms with E-state index >= 15 is 0 Å². The Kier molecular flexibility index (Phi) is 5.55. The van der Waals surface area contributed by atoms with Gasteiger partial charge < -0.3 is 15.3 Å². The van der Waals surface area contributed by atoms with Crippen LogP contribution in [0, 0.1) is 6.92 Å². The van der Waals surface area contributed by atoms with Crippen molar-refractivity contribution in [3.8, 4) is 11.1 Å². The number of fused-ring (bicyclic) bond motifs is 1. The summed E-state index contributed by atoms with van der Waals surface area (Å²) in [5.74, 6) is -1.44. The smallest absolute Gasteiger partial charge is 0.328 e. The van der Waals surface area contributed by atoms with Gasteiger partial charge in [0.2, 0.25) is 5.91 Å². The number of benzene rings is 2. The molecule has 0 radical (unpaired) electrons. The van der Waals surface area contributed by atoms with Crippen LogP contribution in [0.15, 0.2) is 54.7 Å². The molecule has 1 amide bonds. The molecule has 0 fully saturated rings. The van der Waals surface area contributed by atoms with Gasteiger partial charge in [0.1, 0.15) is 5.54 Å². The molecule has 2 aromatic carbocycles. The molecule has 0 saturated heterocycles. The number of carboxylic acids is 1. The van der Waals surface area contributed by atoms with E-state index in [0.717, 1.165) is 27.7 Å². The summed E-state index contributed by atoms with van der Waals surface area (Å²) in [4.78, 5) is 29.7. The van der Waals surface area contributed by atoms with Gasteiger partial charge in [-0.1, -0.05) is 30.3 Å². The number of hydrogen-bond donors (Lipinski definition) is 2. The maximum atomic E-state index is 12.3. The van der Waals surface area contributed by atoms with Crippen LogP contribution in [0.25, 0.3) is 22.0 Å². The molecule has 0 unspecified atom stereocenters. The lowest BCUT2D eigenvalue weighted by molar-refractivity contribution is -0.145. The van der Waals surface area contributed by atoms with Crippen molar-refractivity contribution in [1.82, 2.24) is 10.3 Å². The van der Waals surface area contributed by atoms with Crippen LogP contribution in [-0.2, 0) is 9.59 Å². The molecule has 2 N–H and O–H groups in total. The number of carboxylic acid groups (broad SMARTS) is 1. The van der Waals surface area contributed by atoms with Crippen molar-refractivity contribution in [2.45, 2.75) is 26.3 Å². The molecule has 1 heterocycles. The van der Waals surface area contributed by atoms with Gasteiger partial charge in [-0.05, 0) is 55.7 Å². The van der Waals surface area contributed by atoms with Crippen LogP contribution in [0.4, 0.5) is 5.69 Å². The summed E-state index contributed by atoms with van der Waals surface area (Å²) in [7, 11) is 1.79. The van der Waals surface area contributed by atoms with E-state index in [-0.39, 0.29) is 12.5 Å². The number of likely N-dealkylation sites (N-methyl/N-ethyl adjacent to an activating group) is 1. The van der Waals surface area contributed by atoms with Crippen molar-refractivity contribution < 1.29 is 14.7 Å². The number of nitrogens with one attached hydrogen (secondary N) is 1. The molecule has 1 aromatic heterocycles. The quantitative estimate of drug-likeness (QED) is 0.671. The fraction of sp³-hybridized carbons (Fsp3) is 0.261. The number of rotatable bonds is 6. The molecule has 3 aromatic rings. The van der Waals surface area contributed by atoms with Gasteiger partial charge in [0, 0.05) is 24.3 Å². The first kappa shape index (κ1) is 20.3. The summed E-state index contributed by atoms with van der Waals surface area (Å²) >= 11 is 0. The van der Waals surface area contributed by atoms with Gasteiger partial charge in [-0.15, -0.1) is 0 Å². The molecule has 150 valence electrons. The molecule has 3 rings (SSSR count). The Bertz CT molecular complexity index is 1080. The first-order valence-electron chi connectivity index (χ1n) is 9.39. The van der Waals surface area contributed by atoms with Gasteiger partial charge >= 0.3 is 5.97 Å². The van der Waals surface area contributed by atoms with Crippen LogP contribution >= 0.6 is 0 Å². The Balaban J connectivity index is 1.86. The molecule has 0 atom stereocenters. The second-order valence-electron chi connectivity index (χ2n) is 7.71. The highest BCUT2D eigenvalue weighted by molar-refractivity contribution is 5.97. The monoisotopic (exact) mass is 391 g/mol. The fourth-order valence-corrected chi connectivity index (χ4v) is 3.23. The van der Waals surface area contributed by atoms with Crippen molar-refractivity contribution in [2.75, 3.05) is 18.5 Å². The van der Waals surface area contributed by atoms with E-state index in [0.29, 0.717) is 0 Å². The summed E-state index contributed by atoms with van der Waals surface area (Å²) in [6, 6.07) is 16.1. The molecular formula is C23H25N3O3. The molecule has 29 heavy (non-hydrogen) atoms. The standard InChI is InChI=1S/C23H25N3O3/c1-15-7-5-6-8-17(15)18-11-12-24-20-13-16(9-10-19(18)20)26(4)14-21(27)25-23(2,3)22(28)29/h5-13H,14H2,1-4H3,(H,25,27)(H,28,29). The van der Waals surface area contributed by atoms with Crippen LogP contribution in [-0.4, -0.2) is 41.1 Å². The number of carbonyl (C=O) groups excluding carboxylic acids is 1. The van der Waals surface area contributed by atoms with Crippen molar-refractivity contribution in [2.24, 2.45) is 0 Å². The minimum Gasteiger partial charge on any atom is -0.480 e. The number of pyridine rings is 1. The minimum absolute atomic E-state index is 0.0414. The van der Waals surface area contributed by atoms with E-state index < -0.39 is 11.5 Å². The minimum atomic E-state index is -1.31. The maximum absolute atomic E-state index is 12.3. The summed E-state index contributed by atoms with van der Waals surface area (Å²) in [5, 5.41) is 12.7. The van der Waals surface area contributed by atoms with E-state index in [1.54, 1.807) is 18.1 Å². The van der Waals surface area contributed by atoms with E-state index in [4.69, 9.17) is 5.11 Å². The van der Waals surface area contributed by atoms with E-state index in [1.165, 1.54) is 19.4 Å². The average Bonchev–Trinajstić information content (AvgIpc) is 2.67. The second-order valence-corrected chi connectivity index (χ2v) is 7.71.